The third-order valence-corrected chi connectivity index (χ3v) is 5.11. The molecule has 1 saturated carbocycles. The Morgan fingerprint density at radius 1 is 1.08 bits per heavy atom. The van der Waals surface area contributed by atoms with Crippen LogP contribution in [0.5, 0.6) is 5.75 Å². The summed E-state index contributed by atoms with van der Waals surface area (Å²) in [5.74, 6) is 0.830. The predicted octanol–water partition coefficient (Wildman–Crippen LogP) is 3.57. The Kier molecular flexibility index (Phi) is 5.96. The van der Waals surface area contributed by atoms with Crippen LogP contribution in [0.2, 0.25) is 0 Å². The Morgan fingerprint density at radius 3 is 2.38 bits per heavy atom. The van der Waals surface area contributed by atoms with Gasteiger partial charge in [-0.05, 0) is 44.0 Å². The van der Waals surface area contributed by atoms with Crippen molar-refractivity contribution in [3.05, 3.63) is 24.3 Å². The van der Waals surface area contributed by atoms with E-state index >= 15 is 0 Å². The second-order valence-corrected chi connectivity index (χ2v) is 6.70. The highest BCUT2D eigenvalue weighted by Crippen LogP contribution is 2.23. The lowest BCUT2D eigenvalue weighted by Crippen LogP contribution is -2.53. The third-order valence-electron chi connectivity index (χ3n) is 5.11. The van der Waals surface area contributed by atoms with Crippen molar-refractivity contribution in [3.8, 4) is 5.75 Å². The van der Waals surface area contributed by atoms with Crippen LogP contribution in [-0.4, -0.2) is 54.7 Å². The van der Waals surface area contributed by atoms with E-state index in [9.17, 15) is 4.79 Å². The number of hydrogen-bond donors (Lipinski definition) is 1. The van der Waals surface area contributed by atoms with E-state index in [1.165, 1.54) is 32.1 Å². The lowest BCUT2D eigenvalue weighted by Gasteiger charge is -2.40. The van der Waals surface area contributed by atoms with E-state index in [4.69, 9.17) is 4.74 Å². The number of urea groups is 1. The van der Waals surface area contributed by atoms with Crippen molar-refractivity contribution in [3.63, 3.8) is 0 Å². The summed E-state index contributed by atoms with van der Waals surface area (Å²) < 4.78 is 5.42. The minimum absolute atomic E-state index is 0.00227. The summed E-state index contributed by atoms with van der Waals surface area (Å²) in [6.07, 6.45) is 6.78. The van der Waals surface area contributed by atoms with E-state index < -0.39 is 0 Å². The number of nitrogens with zero attached hydrogens (tertiary/aromatic N) is 2. The highest BCUT2D eigenvalue weighted by Gasteiger charge is 2.26. The van der Waals surface area contributed by atoms with E-state index in [2.05, 4.69) is 10.2 Å². The molecule has 0 spiro atoms. The van der Waals surface area contributed by atoms with Gasteiger partial charge >= 0.3 is 6.03 Å². The second kappa shape index (κ2) is 8.38. The maximum absolute atomic E-state index is 12.4. The Balaban J connectivity index is 1.46. The fraction of sp³-hybridized carbons (Fsp3) is 0.632. The quantitative estimate of drug-likeness (QED) is 0.917. The molecule has 1 aliphatic carbocycles. The summed E-state index contributed by atoms with van der Waals surface area (Å²) in [5.41, 5.74) is 0.818. The van der Waals surface area contributed by atoms with Crippen LogP contribution >= 0.6 is 0 Å². The average Bonchev–Trinajstić information content (AvgIpc) is 2.64. The zero-order chi connectivity index (χ0) is 16.8. The van der Waals surface area contributed by atoms with Crippen molar-refractivity contribution in [2.75, 3.05) is 38.1 Å². The van der Waals surface area contributed by atoms with Gasteiger partial charge in [0.25, 0.3) is 0 Å². The number of hydrogen-bond acceptors (Lipinski definition) is 3. The maximum atomic E-state index is 12.4. The molecule has 1 aromatic carbocycles. The van der Waals surface area contributed by atoms with Gasteiger partial charge in [0.2, 0.25) is 0 Å². The molecule has 0 aromatic heterocycles. The van der Waals surface area contributed by atoms with Gasteiger partial charge in [0, 0.05) is 37.9 Å². The number of piperazine rings is 1. The zero-order valence-electron chi connectivity index (χ0n) is 14.7. The van der Waals surface area contributed by atoms with Crippen LogP contribution in [0.1, 0.15) is 39.0 Å². The molecule has 24 heavy (non-hydrogen) atoms. The van der Waals surface area contributed by atoms with Crippen LogP contribution in [0.25, 0.3) is 0 Å². The number of carbonyl (C=O) groups is 1. The minimum atomic E-state index is 0.00227. The smallest absolute Gasteiger partial charge is 0.321 e. The number of amides is 2. The first-order valence-electron chi connectivity index (χ1n) is 9.29. The highest BCUT2D eigenvalue weighted by molar-refractivity contribution is 5.89. The molecule has 0 atom stereocenters. The molecular weight excluding hydrogens is 302 g/mol. The van der Waals surface area contributed by atoms with Crippen LogP contribution < -0.4 is 10.1 Å². The molecule has 3 rings (SSSR count). The molecule has 5 heteroatoms. The summed E-state index contributed by atoms with van der Waals surface area (Å²) >= 11 is 0. The largest absolute Gasteiger partial charge is 0.494 e. The first-order chi connectivity index (χ1) is 11.8. The van der Waals surface area contributed by atoms with Gasteiger partial charge in [0.1, 0.15) is 5.75 Å². The van der Waals surface area contributed by atoms with Crippen LogP contribution in [-0.2, 0) is 0 Å². The van der Waals surface area contributed by atoms with Crippen molar-refractivity contribution in [1.82, 2.24) is 9.80 Å². The number of anilines is 1. The van der Waals surface area contributed by atoms with Crippen molar-refractivity contribution >= 4 is 11.7 Å². The molecule has 1 saturated heterocycles. The monoisotopic (exact) mass is 331 g/mol. The van der Waals surface area contributed by atoms with Gasteiger partial charge in [-0.1, -0.05) is 19.3 Å². The predicted molar refractivity (Wildman–Crippen MR) is 96.6 cm³/mol. The Labute approximate surface area is 145 Å². The van der Waals surface area contributed by atoms with E-state index in [0.717, 1.165) is 43.7 Å². The van der Waals surface area contributed by atoms with Crippen LogP contribution in [0.15, 0.2) is 24.3 Å². The molecule has 132 valence electrons. The van der Waals surface area contributed by atoms with Crippen LogP contribution in [0.4, 0.5) is 10.5 Å². The lowest BCUT2D eigenvalue weighted by atomic mass is 9.94. The van der Waals surface area contributed by atoms with Gasteiger partial charge < -0.3 is 15.0 Å². The van der Waals surface area contributed by atoms with E-state index in [1.807, 2.05) is 36.1 Å². The van der Waals surface area contributed by atoms with Crippen molar-refractivity contribution < 1.29 is 9.53 Å². The molecule has 1 N–H and O–H groups in total. The Bertz CT molecular complexity index is 518. The van der Waals surface area contributed by atoms with Crippen molar-refractivity contribution in [1.29, 1.82) is 0 Å². The molecule has 1 aromatic rings. The zero-order valence-corrected chi connectivity index (χ0v) is 14.7. The number of benzene rings is 1. The van der Waals surface area contributed by atoms with E-state index in [0.29, 0.717) is 6.61 Å². The summed E-state index contributed by atoms with van der Waals surface area (Å²) in [4.78, 5) is 16.9. The normalized spacial score (nSPS) is 20.0. The molecule has 2 fully saturated rings. The standard InChI is InChI=1S/C19H29N3O2/c1-2-24-18-10-8-16(9-11-18)20-19(23)22-14-12-21(13-15-22)17-6-4-3-5-7-17/h8-11,17H,2-7,12-15H2,1H3,(H,20,23). The average molecular weight is 331 g/mol. The van der Waals surface area contributed by atoms with Gasteiger partial charge in [0.05, 0.1) is 6.61 Å². The molecule has 5 nitrogen and oxygen atoms in total. The summed E-state index contributed by atoms with van der Waals surface area (Å²) in [5, 5.41) is 2.99. The Morgan fingerprint density at radius 2 is 1.75 bits per heavy atom. The second-order valence-electron chi connectivity index (χ2n) is 6.70. The molecule has 1 aliphatic heterocycles. The van der Waals surface area contributed by atoms with Gasteiger partial charge in [-0.15, -0.1) is 0 Å². The number of carbonyl (C=O) groups excluding carboxylic acids is 1. The first kappa shape index (κ1) is 17.1. The number of ether oxygens (including phenoxy) is 1. The van der Waals surface area contributed by atoms with E-state index in [1.54, 1.807) is 0 Å². The summed E-state index contributed by atoms with van der Waals surface area (Å²) in [6, 6.07) is 8.31. The third kappa shape index (κ3) is 4.41. The molecule has 0 radical (unpaired) electrons. The minimum Gasteiger partial charge on any atom is -0.494 e. The fourth-order valence-corrected chi connectivity index (χ4v) is 3.74. The topological polar surface area (TPSA) is 44.8 Å². The van der Waals surface area contributed by atoms with Gasteiger partial charge in [-0.3, -0.25) is 4.90 Å². The SMILES string of the molecule is CCOc1ccc(NC(=O)N2CCN(C3CCCCC3)CC2)cc1. The molecule has 1 heterocycles. The first-order valence-corrected chi connectivity index (χ1v) is 9.29. The van der Waals surface area contributed by atoms with E-state index in [-0.39, 0.29) is 6.03 Å². The molecule has 0 unspecified atom stereocenters. The van der Waals surface area contributed by atoms with Crippen molar-refractivity contribution in [2.45, 2.75) is 45.1 Å². The van der Waals surface area contributed by atoms with Gasteiger partial charge in [-0.25, -0.2) is 4.79 Å². The van der Waals surface area contributed by atoms with Gasteiger partial charge in [0.15, 0.2) is 0 Å². The number of rotatable bonds is 4. The fourth-order valence-electron chi connectivity index (χ4n) is 3.74. The summed E-state index contributed by atoms with van der Waals surface area (Å²) in [6.45, 7) is 6.25. The molecule has 2 amide bonds. The maximum Gasteiger partial charge on any atom is 0.321 e. The highest BCUT2D eigenvalue weighted by atomic mass is 16.5. The van der Waals surface area contributed by atoms with Crippen LogP contribution in [0, 0.1) is 0 Å². The molecular formula is C19H29N3O2. The summed E-state index contributed by atoms with van der Waals surface area (Å²) in [7, 11) is 0. The Hall–Kier alpha value is -1.75. The lowest BCUT2D eigenvalue weighted by molar-refractivity contribution is 0.0943. The van der Waals surface area contributed by atoms with Gasteiger partial charge in [-0.2, -0.15) is 0 Å². The van der Waals surface area contributed by atoms with Crippen molar-refractivity contribution in [2.24, 2.45) is 0 Å². The molecule has 0 bridgehead atoms. The number of nitrogens with one attached hydrogen (secondary N) is 1. The van der Waals surface area contributed by atoms with Crippen LogP contribution in [0.3, 0.4) is 0 Å². The molecule has 2 aliphatic rings.